The van der Waals surface area contributed by atoms with E-state index in [1.807, 2.05) is 0 Å². The van der Waals surface area contributed by atoms with Gasteiger partial charge in [0.2, 0.25) is 0 Å². The molecule has 1 heterocycles. The van der Waals surface area contributed by atoms with Gasteiger partial charge in [0.15, 0.2) is 0 Å². The highest BCUT2D eigenvalue weighted by Crippen LogP contribution is 2.38. The number of hydrogen-bond donors (Lipinski definition) is 1. The fourth-order valence-corrected chi connectivity index (χ4v) is 2.44. The van der Waals surface area contributed by atoms with Crippen molar-refractivity contribution in [2.24, 2.45) is 0 Å². The van der Waals surface area contributed by atoms with Crippen LogP contribution in [0.3, 0.4) is 0 Å². The van der Waals surface area contributed by atoms with E-state index < -0.39 is 0 Å². The Balaban J connectivity index is 2.40. The summed E-state index contributed by atoms with van der Waals surface area (Å²) in [6.07, 6.45) is 0.877. The molecule has 1 aromatic carbocycles. The highest BCUT2D eigenvalue weighted by atomic mass is 16.3. The van der Waals surface area contributed by atoms with Crippen molar-refractivity contribution < 1.29 is 5.11 Å². The minimum atomic E-state index is 0.284. The van der Waals surface area contributed by atoms with Crippen LogP contribution in [0.4, 0.5) is 5.69 Å². The molecule has 14 heavy (non-hydrogen) atoms. The van der Waals surface area contributed by atoms with Gasteiger partial charge in [0.25, 0.3) is 0 Å². The van der Waals surface area contributed by atoms with Crippen molar-refractivity contribution in [3.63, 3.8) is 0 Å². The molecule has 1 aliphatic rings. The number of fused-ring (bicyclic) bond motifs is 1. The number of benzene rings is 1. The summed E-state index contributed by atoms with van der Waals surface area (Å²) in [7, 11) is 2.12. The van der Waals surface area contributed by atoms with Crippen molar-refractivity contribution in [2.75, 3.05) is 25.1 Å². The van der Waals surface area contributed by atoms with Gasteiger partial charge in [-0.15, -0.1) is 0 Å². The lowest BCUT2D eigenvalue weighted by atomic mass is 9.94. The molecule has 1 aromatic rings. The number of aliphatic hydroxyl groups is 1. The van der Waals surface area contributed by atoms with E-state index in [1.165, 1.54) is 16.8 Å². The topological polar surface area (TPSA) is 23.5 Å². The Hall–Kier alpha value is -1.02. The molecule has 0 aromatic heterocycles. The summed E-state index contributed by atoms with van der Waals surface area (Å²) in [5.74, 6) is 0.515. The molecule has 2 heteroatoms. The second-order valence-corrected chi connectivity index (χ2v) is 4.10. The maximum atomic E-state index is 9.01. The molecule has 76 valence electrons. The summed E-state index contributed by atoms with van der Waals surface area (Å²) in [5, 5.41) is 9.01. The first-order valence-electron chi connectivity index (χ1n) is 5.15. The van der Waals surface area contributed by atoms with Crippen LogP contribution in [-0.2, 0) is 0 Å². The van der Waals surface area contributed by atoms with Crippen LogP contribution >= 0.6 is 0 Å². The largest absolute Gasteiger partial charge is 0.396 e. The quantitative estimate of drug-likeness (QED) is 0.772. The van der Waals surface area contributed by atoms with Crippen molar-refractivity contribution >= 4 is 5.69 Å². The van der Waals surface area contributed by atoms with E-state index in [2.05, 4.69) is 37.1 Å². The number of likely N-dealkylation sites (N-methyl/N-ethyl adjacent to an activating group) is 1. The van der Waals surface area contributed by atoms with E-state index in [9.17, 15) is 0 Å². The van der Waals surface area contributed by atoms with Crippen LogP contribution in [0.15, 0.2) is 18.2 Å². The third-order valence-electron chi connectivity index (χ3n) is 3.09. The van der Waals surface area contributed by atoms with Gasteiger partial charge in [-0.1, -0.05) is 12.1 Å². The molecule has 0 fully saturated rings. The zero-order valence-electron chi connectivity index (χ0n) is 8.83. The van der Waals surface area contributed by atoms with Crippen molar-refractivity contribution in [3.05, 3.63) is 29.3 Å². The van der Waals surface area contributed by atoms with E-state index in [0.29, 0.717) is 5.92 Å². The molecule has 0 bridgehead atoms. The Morgan fingerprint density at radius 3 is 3.00 bits per heavy atom. The lowest BCUT2D eigenvalue weighted by Crippen LogP contribution is -2.15. The zero-order chi connectivity index (χ0) is 10.1. The molecule has 0 saturated carbocycles. The van der Waals surface area contributed by atoms with Crippen LogP contribution < -0.4 is 4.90 Å². The average Bonchev–Trinajstić information content (AvgIpc) is 2.46. The Bertz CT molecular complexity index is 335. The van der Waals surface area contributed by atoms with Crippen molar-refractivity contribution in [1.29, 1.82) is 0 Å². The minimum Gasteiger partial charge on any atom is -0.396 e. The molecule has 0 radical (unpaired) electrons. The zero-order valence-corrected chi connectivity index (χ0v) is 8.83. The van der Waals surface area contributed by atoms with E-state index in [-0.39, 0.29) is 6.61 Å². The number of rotatable bonds is 2. The Morgan fingerprint density at radius 1 is 1.50 bits per heavy atom. The summed E-state index contributed by atoms with van der Waals surface area (Å²) in [6.45, 7) is 3.48. The molecular formula is C12H17NO. The molecule has 1 atom stereocenters. The summed E-state index contributed by atoms with van der Waals surface area (Å²) >= 11 is 0. The van der Waals surface area contributed by atoms with E-state index in [1.54, 1.807) is 0 Å². The van der Waals surface area contributed by atoms with E-state index in [4.69, 9.17) is 5.11 Å². The third kappa shape index (κ3) is 1.40. The van der Waals surface area contributed by atoms with E-state index >= 15 is 0 Å². The third-order valence-corrected chi connectivity index (χ3v) is 3.09. The summed E-state index contributed by atoms with van der Waals surface area (Å²) < 4.78 is 0. The van der Waals surface area contributed by atoms with Gasteiger partial charge in [-0.2, -0.15) is 0 Å². The SMILES string of the molecule is Cc1cccc2c1C(CCO)CN2C. The van der Waals surface area contributed by atoms with Gasteiger partial charge in [-0.25, -0.2) is 0 Å². The van der Waals surface area contributed by atoms with Crippen LogP contribution in [0.5, 0.6) is 0 Å². The monoisotopic (exact) mass is 191 g/mol. The van der Waals surface area contributed by atoms with Crippen LogP contribution in [0.1, 0.15) is 23.5 Å². The van der Waals surface area contributed by atoms with Gasteiger partial charge in [-0.3, -0.25) is 0 Å². The molecule has 0 aliphatic carbocycles. The number of aryl methyl sites for hydroxylation is 1. The van der Waals surface area contributed by atoms with Gasteiger partial charge >= 0.3 is 0 Å². The summed E-state index contributed by atoms with van der Waals surface area (Å²) in [5.41, 5.74) is 4.12. The maximum absolute atomic E-state index is 9.01. The van der Waals surface area contributed by atoms with Gasteiger partial charge in [0.05, 0.1) is 0 Å². The first-order valence-corrected chi connectivity index (χ1v) is 5.15. The van der Waals surface area contributed by atoms with Crippen LogP contribution in [0, 0.1) is 6.92 Å². The number of hydrogen-bond acceptors (Lipinski definition) is 2. The highest BCUT2D eigenvalue weighted by molar-refractivity contribution is 5.62. The maximum Gasteiger partial charge on any atom is 0.0437 e. The molecule has 1 aliphatic heterocycles. The number of anilines is 1. The van der Waals surface area contributed by atoms with Gasteiger partial charge < -0.3 is 10.0 Å². The van der Waals surface area contributed by atoms with Gasteiger partial charge in [0.1, 0.15) is 0 Å². The molecule has 0 saturated heterocycles. The Morgan fingerprint density at radius 2 is 2.29 bits per heavy atom. The standard InChI is InChI=1S/C12H17NO/c1-9-4-3-5-11-12(9)10(6-7-14)8-13(11)2/h3-5,10,14H,6-8H2,1-2H3. The first kappa shape index (κ1) is 9.53. The highest BCUT2D eigenvalue weighted by Gasteiger charge is 2.26. The van der Waals surface area contributed by atoms with Crippen molar-refractivity contribution in [2.45, 2.75) is 19.3 Å². The van der Waals surface area contributed by atoms with Crippen LogP contribution in [-0.4, -0.2) is 25.3 Å². The Kier molecular flexibility index (Phi) is 2.46. The van der Waals surface area contributed by atoms with Crippen molar-refractivity contribution in [1.82, 2.24) is 0 Å². The fraction of sp³-hybridized carbons (Fsp3) is 0.500. The lowest BCUT2D eigenvalue weighted by Gasteiger charge is -2.11. The molecule has 0 spiro atoms. The number of aliphatic hydroxyl groups excluding tert-OH is 1. The number of nitrogens with zero attached hydrogens (tertiary/aromatic N) is 1. The van der Waals surface area contributed by atoms with Gasteiger partial charge in [-0.05, 0) is 30.5 Å². The summed E-state index contributed by atoms with van der Waals surface area (Å²) in [4.78, 5) is 2.28. The molecule has 1 unspecified atom stereocenters. The minimum absolute atomic E-state index is 0.284. The predicted octanol–water partition coefficient (Wildman–Crippen LogP) is 1.91. The lowest BCUT2D eigenvalue weighted by molar-refractivity contribution is 0.278. The van der Waals surface area contributed by atoms with Gasteiger partial charge in [0, 0.05) is 31.8 Å². The first-order chi connectivity index (χ1) is 6.74. The smallest absolute Gasteiger partial charge is 0.0437 e. The molecular weight excluding hydrogens is 174 g/mol. The molecule has 2 nitrogen and oxygen atoms in total. The van der Waals surface area contributed by atoms with Crippen molar-refractivity contribution in [3.8, 4) is 0 Å². The summed E-state index contributed by atoms with van der Waals surface area (Å²) in [6, 6.07) is 6.42. The normalized spacial score (nSPS) is 19.9. The van der Waals surface area contributed by atoms with Crippen LogP contribution in [0.2, 0.25) is 0 Å². The molecule has 1 N–H and O–H groups in total. The second kappa shape index (κ2) is 3.62. The average molecular weight is 191 g/mol. The molecule has 2 rings (SSSR count). The Labute approximate surface area is 85.2 Å². The van der Waals surface area contributed by atoms with Crippen LogP contribution in [0.25, 0.3) is 0 Å². The second-order valence-electron chi connectivity index (χ2n) is 4.10. The van der Waals surface area contributed by atoms with E-state index in [0.717, 1.165) is 13.0 Å². The molecule has 0 amide bonds. The predicted molar refractivity (Wildman–Crippen MR) is 58.9 cm³/mol. The fourth-order valence-electron chi connectivity index (χ4n) is 2.44.